The van der Waals surface area contributed by atoms with Gasteiger partial charge < -0.3 is 9.47 Å². The molecule has 5 nitrogen and oxygen atoms in total. The number of ether oxygens (including phenoxy) is 2. The Kier molecular flexibility index (Phi) is 4.60. The first kappa shape index (κ1) is 12.3. The van der Waals surface area contributed by atoms with E-state index >= 15 is 0 Å². The molecule has 0 aromatic heterocycles. The first-order valence-corrected chi connectivity index (χ1v) is 5.01. The zero-order valence-electron chi connectivity index (χ0n) is 9.23. The third kappa shape index (κ3) is 3.13. The number of amides is 1. The van der Waals surface area contributed by atoms with Gasteiger partial charge in [-0.3, -0.25) is 10.2 Å². The molecule has 88 valence electrons. The standard InChI is InChI=1S/C11H16N2O3/c1-3-4-5-9-8(2)15-7-6-10(16-9)11(14)13-12/h3-5,10H,2,6-7,12H2,1H3,(H,13,14)/b4-3-,9-5+. The largest absolute Gasteiger partial charge is 0.490 e. The molecule has 1 fully saturated rings. The second-order valence-corrected chi connectivity index (χ2v) is 3.23. The maximum absolute atomic E-state index is 11.4. The summed E-state index contributed by atoms with van der Waals surface area (Å²) in [6.45, 7) is 5.97. The molecule has 0 bridgehead atoms. The molecule has 3 N–H and O–H groups in total. The normalized spacial score (nSPS) is 23.8. The van der Waals surface area contributed by atoms with Crippen molar-refractivity contribution in [2.75, 3.05) is 6.61 Å². The fourth-order valence-corrected chi connectivity index (χ4v) is 1.23. The minimum atomic E-state index is -0.638. The third-order valence-electron chi connectivity index (χ3n) is 2.08. The molecule has 0 aromatic carbocycles. The van der Waals surface area contributed by atoms with Crippen LogP contribution in [0.25, 0.3) is 0 Å². The molecule has 0 aromatic rings. The Morgan fingerprint density at radius 2 is 2.44 bits per heavy atom. The number of nitrogens with two attached hydrogens (primary N) is 1. The molecular weight excluding hydrogens is 208 g/mol. The van der Waals surface area contributed by atoms with Crippen molar-refractivity contribution in [2.45, 2.75) is 19.4 Å². The lowest BCUT2D eigenvalue weighted by atomic mass is 10.2. The Morgan fingerprint density at radius 3 is 3.06 bits per heavy atom. The van der Waals surface area contributed by atoms with Crippen LogP contribution in [0.2, 0.25) is 0 Å². The Morgan fingerprint density at radius 1 is 1.69 bits per heavy atom. The van der Waals surface area contributed by atoms with Gasteiger partial charge in [0.15, 0.2) is 17.6 Å². The summed E-state index contributed by atoms with van der Waals surface area (Å²) in [4.78, 5) is 11.4. The first-order valence-electron chi connectivity index (χ1n) is 5.01. The van der Waals surface area contributed by atoms with Crippen LogP contribution in [0.5, 0.6) is 0 Å². The molecule has 1 aliphatic rings. The van der Waals surface area contributed by atoms with E-state index in [4.69, 9.17) is 15.3 Å². The molecule has 0 saturated carbocycles. The van der Waals surface area contributed by atoms with Crippen LogP contribution >= 0.6 is 0 Å². The highest BCUT2D eigenvalue weighted by Crippen LogP contribution is 2.20. The summed E-state index contributed by atoms with van der Waals surface area (Å²) < 4.78 is 10.8. The van der Waals surface area contributed by atoms with Gasteiger partial charge in [0, 0.05) is 6.42 Å². The number of carbonyl (C=O) groups is 1. The zero-order valence-corrected chi connectivity index (χ0v) is 9.23. The van der Waals surface area contributed by atoms with Crippen LogP contribution < -0.4 is 11.3 Å². The molecule has 1 amide bonds. The molecule has 0 spiro atoms. The Labute approximate surface area is 94.6 Å². The van der Waals surface area contributed by atoms with Crippen molar-refractivity contribution in [2.24, 2.45) is 5.84 Å². The lowest BCUT2D eigenvalue weighted by Gasteiger charge is -2.14. The maximum Gasteiger partial charge on any atom is 0.275 e. The second kappa shape index (κ2) is 5.97. The van der Waals surface area contributed by atoms with Crippen molar-refractivity contribution in [1.29, 1.82) is 0 Å². The van der Waals surface area contributed by atoms with Crippen LogP contribution in [0.1, 0.15) is 13.3 Å². The van der Waals surface area contributed by atoms with Crippen LogP contribution in [0.3, 0.4) is 0 Å². The van der Waals surface area contributed by atoms with Crippen LogP contribution in [0.4, 0.5) is 0 Å². The van der Waals surface area contributed by atoms with E-state index < -0.39 is 6.10 Å². The predicted molar refractivity (Wildman–Crippen MR) is 59.8 cm³/mol. The van der Waals surface area contributed by atoms with Gasteiger partial charge in [0.25, 0.3) is 5.91 Å². The lowest BCUT2D eigenvalue weighted by molar-refractivity contribution is -0.130. The fourth-order valence-electron chi connectivity index (χ4n) is 1.23. The number of rotatable bonds is 2. The molecular formula is C11H16N2O3. The van der Waals surface area contributed by atoms with Gasteiger partial charge in [0.2, 0.25) is 0 Å². The van der Waals surface area contributed by atoms with E-state index in [9.17, 15) is 4.79 Å². The molecule has 1 aliphatic heterocycles. The molecule has 1 heterocycles. The van der Waals surface area contributed by atoms with E-state index in [-0.39, 0.29) is 5.91 Å². The van der Waals surface area contributed by atoms with Crippen molar-refractivity contribution in [1.82, 2.24) is 5.43 Å². The summed E-state index contributed by atoms with van der Waals surface area (Å²) in [6.07, 6.45) is 5.12. The van der Waals surface area contributed by atoms with Gasteiger partial charge >= 0.3 is 0 Å². The first-order chi connectivity index (χ1) is 7.69. The van der Waals surface area contributed by atoms with E-state index in [1.165, 1.54) is 0 Å². The summed E-state index contributed by atoms with van der Waals surface area (Å²) in [5, 5.41) is 0. The predicted octanol–water partition coefficient (Wildman–Crippen LogP) is 0.756. The Bertz CT molecular complexity index is 334. The fraction of sp³-hybridized carbons (Fsp3) is 0.364. The summed E-state index contributed by atoms with van der Waals surface area (Å²) in [6, 6.07) is 0. The van der Waals surface area contributed by atoms with Gasteiger partial charge in [-0.15, -0.1) is 0 Å². The van der Waals surface area contributed by atoms with E-state index in [2.05, 4.69) is 12.0 Å². The average molecular weight is 224 g/mol. The van der Waals surface area contributed by atoms with Crippen molar-refractivity contribution in [3.05, 3.63) is 36.3 Å². The molecule has 1 saturated heterocycles. The van der Waals surface area contributed by atoms with E-state index in [1.807, 2.05) is 13.0 Å². The van der Waals surface area contributed by atoms with Crippen LogP contribution in [-0.4, -0.2) is 18.6 Å². The SMILES string of the molecule is C=C1OCCC(C(=O)NN)O/C1=C/C=C\C. The molecule has 5 heteroatoms. The van der Waals surface area contributed by atoms with Crippen molar-refractivity contribution < 1.29 is 14.3 Å². The van der Waals surface area contributed by atoms with Gasteiger partial charge in [0.05, 0.1) is 6.61 Å². The molecule has 16 heavy (non-hydrogen) atoms. The molecule has 1 unspecified atom stereocenters. The van der Waals surface area contributed by atoms with E-state index in [0.29, 0.717) is 24.5 Å². The van der Waals surface area contributed by atoms with Gasteiger partial charge in [-0.25, -0.2) is 5.84 Å². The summed E-state index contributed by atoms with van der Waals surface area (Å²) in [7, 11) is 0. The Hall–Kier alpha value is -1.75. The average Bonchev–Trinajstić information content (AvgIpc) is 2.48. The highest BCUT2D eigenvalue weighted by Gasteiger charge is 2.25. The van der Waals surface area contributed by atoms with Gasteiger partial charge in [-0.2, -0.15) is 0 Å². The number of hydrogen-bond acceptors (Lipinski definition) is 4. The van der Waals surface area contributed by atoms with Crippen molar-refractivity contribution in [3.63, 3.8) is 0 Å². The highest BCUT2D eigenvalue weighted by atomic mass is 16.5. The monoisotopic (exact) mass is 224 g/mol. The number of allylic oxidation sites excluding steroid dienone is 3. The number of carbonyl (C=O) groups excluding carboxylic acids is 1. The molecule has 1 rings (SSSR count). The summed E-state index contributed by atoms with van der Waals surface area (Å²) in [5.74, 6) is 5.56. The van der Waals surface area contributed by atoms with Crippen molar-refractivity contribution in [3.8, 4) is 0 Å². The quantitative estimate of drug-likeness (QED) is 0.412. The minimum absolute atomic E-state index is 0.371. The number of hydrogen-bond donors (Lipinski definition) is 2. The van der Waals surface area contributed by atoms with Gasteiger partial charge in [-0.05, 0) is 13.0 Å². The van der Waals surface area contributed by atoms with Gasteiger partial charge in [0.1, 0.15) is 0 Å². The molecule has 0 radical (unpaired) electrons. The molecule has 1 atom stereocenters. The van der Waals surface area contributed by atoms with Gasteiger partial charge in [-0.1, -0.05) is 18.7 Å². The number of nitrogens with one attached hydrogen (secondary N) is 1. The van der Waals surface area contributed by atoms with Crippen molar-refractivity contribution >= 4 is 5.91 Å². The van der Waals surface area contributed by atoms with Crippen LogP contribution in [0.15, 0.2) is 36.3 Å². The summed E-state index contributed by atoms with van der Waals surface area (Å²) in [5.41, 5.74) is 2.06. The van der Waals surface area contributed by atoms with Crippen LogP contribution in [0, 0.1) is 0 Å². The van der Waals surface area contributed by atoms with E-state index in [1.54, 1.807) is 12.2 Å². The molecule has 0 aliphatic carbocycles. The highest BCUT2D eigenvalue weighted by molar-refractivity contribution is 5.80. The van der Waals surface area contributed by atoms with E-state index in [0.717, 1.165) is 0 Å². The number of hydrazine groups is 1. The zero-order chi connectivity index (χ0) is 12.0. The topological polar surface area (TPSA) is 73.6 Å². The smallest absolute Gasteiger partial charge is 0.275 e. The maximum atomic E-state index is 11.4. The Balaban J connectivity index is 2.81. The van der Waals surface area contributed by atoms with Crippen LogP contribution in [-0.2, 0) is 14.3 Å². The lowest BCUT2D eigenvalue weighted by Crippen LogP contribution is -2.40. The summed E-state index contributed by atoms with van der Waals surface area (Å²) >= 11 is 0. The third-order valence-corrected chi connectivity index (χ3v) is 2.08. The second-order valence-electron chi connectivity index (χ2n) is 3.23. The minimum Gasteiger partial charge on any atom is -0.490 e.